The van der Waals surface area contributed by atoms with Crippen molar-refractivity contribution in [1.29, 1.82) is 0 Å². The highest BCUT2D eigenvalue weighted by molar-refractivity contribution is 6.10. The molecule has 1 unspecified atom stereocenters. The summed E-state index contributed by atoms with van der Waals surface area (Å²) in [7, 11) is 0. The maximum Gasteiger partial charge on any atom is 0.334 e. The van der Waals surface area contributed by atoms with Gasteiger partial charge in [0.1, 0.15) is 11.8 Å². The predicted molar refractivity (Wildman–Crippen MR) is 124 cm³/mol. The Morgan fingerprint density at radius 3 is 2.19 bits per heavy atom. The van der Waals surface area contributed by atoms with Crippen molar-refractivity contribution < 1.29 is 19.1 Å². The first-order valence-corrected chi connectivity index (χ1v) is 10.9. The van der Waals surface area contributed by atoms with Gasteiger partial charge in [0.05, 0.1) is 13.2 Å². The third-order valence-corrected chi connectivity index (χ3v) is 5.53. The number of hydrogen-bond donors (Lipinski definition) is 1. The van der Waals surface area contributed by atoms with Gasteiger partial charge in [0, 0.05) is 11.1 Å². The molecule has 170 valence electrons. The van der Waals surface area contributed by atoms with E-state index in [1.54, 1.807) is 24.3 Å². The van der Waals surface area contributed by atoms with Gasteiger partial charge in [-0.15, -0.1) is 0 Å². The number of esters is 1. The van der Waals surface area contributed by atoms with Gasteiger partial charge in [-0.25, -0.2) is 4.79 Å². The molecule has 2 aromatic carbocycles. The molecule has 0 saturated carbocycles. The average molecular weight is 437 g/mol. The minimum Gasteiger partial charge on any atom is -0.425 e. The minimum atomic E-state index is -0.749. The fourth-order valence-corrected chi connectivity index (χ4v) is 4.00. The van der Waals surface area contributed by atoms with Crippen molar-refractivity contribution in [1.82, 2.24) is 10.2 Å². The molecule has 2 aromatic rings. The molecule has 0 bridgehead atoms. The molecule has 32 heavy (non-hydrogen) atoms. The summed E-state index contributed by atoms with van der Waals surface area (Å²) < 4.78 is 5.75. The summed E-state index contributed by atoms with van der Waals surface area (Å²) in [5.41, 5.74) is 1.15. The van der Waals surface area contributed by atoms with Crippen molar-refractivity contribution in [3.63, 3.8) is 0 Å². The normalized spacial score (nSPS) is 15.6. The maximum absolute atomic E-state index is 13.3. The molecule has 1 amide bonds. The molecule has 0 aliphatic carbocycles. The zero-order valence-electron chi connectivity index (χ0n) is 19.7. The van der Waals surface area contributed by atoms with Gasteiger partial charge in [-0.2, -0.15) is 0 Å². The lowest BCUT2D eigenvalue weighted by Crippen LogP contribution is -2.52. The van der Waals surface area contributed by atoms with Crippen LogP contribution in [0.4, 0.5) is 0 Å². The van der Waals surface area contributed by atoms with Gasteiger partial charge in [0.2, 0.25) is 5.91 Å². The Hall–Kier alpha value is -2.99. The summed E-state index contributed by atoms with van der Waals surface area (Å²) in [6.07, 6.45) is 0. The first-order chi connectivity index (χ1) is 14.9. The predicted octanol–water partition coefficient (Wildman–Crippen LogP) is 3.92. The quantitative estimate of drug-likeness (QED) is 0.437. The van der Waals surface area contributed by atoms with Crippen molar-refractivity contribution in [2.45, 2.75) is 53.0 Å². The molecule has 1 N–H and O–H groups in total. The van der Waals surface area contributed by atoms with Gasteiger partial charge in [0.25, 0.3) is 0 Å². The number of hydrogen-bond acceptors (Lipinski definition) is 5. The first kappa shape index (κ1) is 23.7. The first-order valence-electron chi connectivity index (χ1n) is 10.9. The summed E-state index contributed by atoms with van der Waals surface area (Å²) in [5.74, 6) is -0.489. The molecule has 1 aliphatic heterocycles. The van der Waals surface area contributed by atoms with Crippen molar-refractivity contribution in [3.8, 4) is 5.75 Å². The molecule has 6 heteroatoms. The Kier molecular flexibility index (Phi) is 6.56. The second-order valence-corrected chi connectivity index (χ2v) is 10.3. The zero-order valence-corrected chi connectivity index (χ0v) is 19.7. The summed E-state index contributed by atoms with van der Waals surface area (Å²) >= 11 is 0. The topological polar surface area (TPSA) is 75.7 Å². The number of nitrogens with zero attached hydrogens (tertiary/aromatic N) is 1. The largest absolute Gasteiger partial charge is 0.425 e. The van der Waals surface area contributed by atoms with Crippen LogP contribution < -0.4 is 10.1 Å². The fraction of sp³-hybridized carbons (Fsp3) is 0.423. The van der Waals surface area contributed by atoms with E-state index < -0.39 is 17.4 Å². The van der Waals surface area contributed by atoms with Crippen LogP contribution in [-0.2, 0) is 15.0 Å². The summed E-state index contributed by atoms with van der Waals surface area (Å²) in [6, 6.07) is 13.5. The Morgan fingerprint density at radius 1 is 1.00 bits per heavy atom. The highest BCUT2D eigenvalue weighted by atomic mass is 16.5. The van der Waals surface area contributed by atoms with E-state index in [0.717, 1.165) is 5.56 Å². The maximum atomic E-state index is 13.3. The van der Waals surface area contributed by atoms with Gasteiger partial charge < -0.3 is 9.64 Å². The summed E-state index contributed by atoms with van der Waals surface area (Å²) in [5, 5.41) is 2.98. The second kappa shape index (κ2) is 8.87. The Labute approximate surface area is 189 Å². The van der Waals surface area contributed by atoms with Crippen LogP contribution in [0.2, 0.25) is 0 Å². The number of amides is 1. The van der Waals surface area contributed by atoms with Gasteiger partial charge in [0.15, 0.2) is 5.78 Å². The lowest BCUT2D eigenvalue weighted by atomic mass is 9.81. The number of rotatable bonds is 5. The van der Waals surface area contributed by atoms with Crippen LogP contribution in [0.3, 0.4) is 0 Å². The summed E-state index contributed by atoms with van der Waals surface area (Å²) in [4.78, 5) is 40.3. The van der Waals surface area contributed by atoms with E-state index in [-0.39, 0.29) is 29.4 Å². The summed E-state index contributed by atoms with van der Waals surface area (Å²) in [6.45, 7) is 12.3. The highest BCUT2D eigenvalue weighted by Crippen LogP contribution is 2.32. The fourth-order valence-electron chi connectivity index (χ4n) is 4.00. The van der Waals surface area contributed by atoms with Crippen LogP contribution in [0, 0.1) is 5.41 Å². The highest BCUT2D eigenvalue weighted by Gasteiger charge is 2.42. The lowest BCUT2D eigenvalue weighted by Gasteiger charge is -2.35. The molecule has 1 heterocycles. The second-order valence-electron chi connectivity index (χ2n) is 10.3. The number of carbonyl (C=O) groups excluding carboxylic acids is 3. The number of benzene rings is 2. The molecular weight excluding hydrogens is 404 g/mol. The Balaban J connectivity index is 1.97. The lowest BCUT2D eigenvalue weighted by molar-refractivity contribution is -0.150. The minimum absolute atomic E-state index is 0.125. The third-order valence-electron chi connectivity index (χ3n) is 5.53. The Bertz CT molecular complexity index is 1020. The van der Waals surface area contributed by atoms with Gasteiger partial charge in [-0.05, 0) is 28.5 Å². The smallest absolute Gasteiger partial charge is 0.334 e. The van der Waals surface area contributed by atoms with Crippen LogP contribution in [-0.4, -0.2) is 41.8 Å². The van der Waals surface area contributed by atoms with Crippen LogP contribution >= 0.6 is 0 Å². The molecule has 1 aliphatic rings. The number of ketones is 1. The monoisotopic (exact) mass is 436 g/mol. The molecular formula is C26H32N2O4. The van der Waals surface area contributed by atoms with Crippen LogP contribution in [0.1, 0.15) is 63.0 Å². The van der Waals surface area contributed by atoms with Gasteiger partial charge >= 0.3 is 5.97 Å². The van der Waals surface area contributed by atoms with Gasteiger partial charge in [-0.1, -0.05) is 77.9 Å². The molecule has 0 radical (unpaired) electrons. The van der Waals surface area contributed by atoms with E-state index in [1.807, 2.05) is 65.8 Å². The van der Waals surface area contributed by atoms with E-state index in [0.29, 0.717) is 17.8 Å². The van der Waals surface area contributed by atoms with Crippen LogP contribution in [0.15, 0.2) is 48.5 Å². The number of carbonyl (C=O) groups is 3. The van der Waals surface area contributed by atoms with E-state index in [4.69, 9.17) is 4.74 Å². The number of nitrogens with one attached hydrogen (secondary N) is 1. The van der Waals surface area contributed by atoms with Crippen molar-refractivity contribution in [2.24, 2.45) is 5.41 Å². The molecule has 6 nitrogen and oxygen atoms in total. The van der Waals surface area contributed by atoms with Crippen molar-refractivity contribution in [2.75, 3.05) is 13.2 Å². The standard InChI is InChI=1S/C26H32N2O4/c1-25(2,3)20-13-12-18(14-19(20)22(30)17-10-8-7-9-11-17)32-24(31)23(26(4,5)6)28-16-27-15-21(28)29/h7-14,23,27H,15-16H2,1-6H3. The SMILES string of the molecule is CC(C)(C)c1ccc(OC(=O)C(N2CNCC2=O)C(C)(C)C)cc1C(=O)c1ccccc1. The Morgan fingerprint density at radius 2 is 1.66 bits per heavy atom. The van der Waals surface area contributed by atoms with E-state index in [9.17, 15) is 14.4 Å². The number of ether oxygens (including phenoxy) is 1. The molecule has 1 fully saturated rings. The third kappa shape index (κ3) is 5.07. The molecule has 3 rings (SSSR count). The molecule has 0 spiro atoms. The van der Waals surface area contributed by atoms with Crippen molar-refractivity contribution >= 4 is 17.7 Å². The van der Waals surface area contributed by atoms with E-state index in [2.05, 4.69) is 5.32 Å². The van der Waals surface area contributed by atoms with Crippen LogP contribution in [0.5, 0.6) is 5.75 Å². The van der Waals surface area contributed by atoms with Crippen molar-refractivity contribution in [3.05, 3.63) is 65.2 Å². The van der Waals surface area contributed by atoms with E-state index in [1.165, 1.54) is 4.90 Å². The molecule has 0 aromatic heterocycles. The van der Waals surface area contributed by atoms with E-state index >= 15 is 0 Å². The molecule has 1 saturated heterocycles. The van der Waals surface area contributed by atoms with Gasteiger partial charge in [-0.3, -0.25) is 14.9 Å². The molecule has 1 atom stereocenters. The van der Waals surface area contributed by atoms with Crippen LogP contribution in [0.25, 0.3) is 0 Å². The average Bonchev–Trinajstić information content (AvgIpc) is 3.11. The zero-order chi connectivity index (χ0) is 23.7.